The Balaban J connectivity index is 1.86. The molecule has 0 heterocycles. The Labute approximate surface area is 104 Å². The lowest BCUT2D eigenvalue weighted by Gasteiger charge is -2.30. The van der Waals surface area contributed by atoms with Gasteiger partial charge in [0.05, 0.1) is 0 Å². The van der Waals surface area contributed by atoms with Gasteiger partial charge in [0, 0.05) is 6.04 Å². The second kappa shape index (κ2) is 3.84. The van der Waals surface area contributed by atoms with Crippen molar-refractivity contribution in [2.45, 2.75) is 51.5 Å². The summed E-state index contributed by atoms with van der Waals surface area (Å²) in [5, 5.41) is 0. The summed E-state index contributed by atoms with van der Waals surface area (Å²) >= 11 is 0. The van der Waals surface area contributed by atoms with E-state index in [1.54, 1.807) is 0 Å². The van der Waals surface area contributed by atoms with Crippen molar-refractivity contribution in [3.05, 3.63) is 35.4 Å². The van der Waals surface area contributed by atoms with Crippen molar-refractivity contribution in [2.24, 2.45) is 17.1 Å². The van der Waals surface area contributed by atoms with Crippen LogP contribution in [0.1, 0.15) is 62.6 Å². The summed E-state index contributed by atoms with van der Waals surface area (Å²) in [6, 6.07) is 9.12. The third-order valence-corrected chi connectivity index (χ3v) is 4.92. The molecular weight excluding hydrogens is 206 g/mol. The molecule has 0 radical (unpaired) electrons. The number of nitrogens with two attached hydrogens (primary N) is 1. The lowest BCUT2D eigenvalue weighted by Crippen LogP contribution is -2.20. The van der Waals surface area contributed by atoms with Crippen molar-refractivity contribution in [2.75, 3.05) is 0 Å². The minimum atomic E-state index is 0.252. The highest BCUT2D eigenvalue weighted by Gasteiger charge is 2.49. The summed E-state index contributed by atoms with van der Waals surface area (Å²) in [7, 11) is 0. The fourth-order valence-electron chi connectivity index (χ4n) is 3.24. The minimum Gasteiger partial charge on any atom is -0.324 e. The molecule has 1 aromatic carbocycles. The molecule has 1 aromatic rings. The van der Waals surface area contributed by atoms with Gasteiger partial charge in [0.1, 0.15) is 0 Å². The van der Waals surface area contributed by atoms with Crippen LogP contribution in [0.2, 0.25) is 0 Å². The summed E-state index contributed by atoms with van der Waals surface area (Å²) in [6.07, 6.45) is 5.39. The van der Waals surface area contributed by atoms with Gasteiger partial charge in [-0.1, -0.05) is 44.5 Å². The molecule has 1 heteroatoms. The van der Waals surface area contributed by atoms with Crippen LogP contribution in [0.5, 0.6) is 0 Å². The fraction of sp³-hybridized carbons (Fsp3) is 0.625. The van der Waals surface area contributed by atoms with Crippen molar-refractivity contribution < 1.29 is 0 Å². The average Bonchev–Trinajstić information content (AvgIpc) is 2.85. The third kappa shape index (κ3) is 1.91. The largest absolute Gasteiger partial charge is 0.324 e. The molecule has 2 aliphatic rings. The summed E-state index contributed by atoms with van der Waals surface area (Å²) in [6.45, 7) is 4.67. The molecule has 17 heavy (non-hydrogen) atoms. The van der Waals surface area contributed by atoms with Gasteiger partial charge in [-0.2, -0.15) is 0 Å². The predicted molar refractivity (Wildman–Crippen MR) is 71.9 cm³/mol. The van der Waals surface area contributed by atoms with E-state index in [9.17, 15) is 0 Å². The maximum absolute atomic E-state index is 6.49. The molecule has 2 atom stereocenters. The maximum atomic E-state index is 6.49. The Morgan fingerprint density at radius 1 is 1.24 bits per heavy atom. The molecule has 0 bridgehead atoms. The Hall–Kier alpha value is -0.820. The van der Waals surface area contributed by atoms with E-state index in [-0.39, 0.29) is 6.04 Å². The Bertz CT molecular complexity index is 417. The van der Waals surface area contributed by atoms with Gasteiger partial charge >= 0.3 is 0 Å². The van der Waals surface area contributed by atoms with E-state index in [0.717, 1.165) is 5.92 Å². The van der Waals surface area contributed by atoms with Crippen molar-refractivity contribution >= 4 is 0 Å². The van der Waals surface area contributed by atoms with Crippen LogP contribution in [0.25, 0.3) is 0 Å². The lowest BCUT2D eigenvalue weighted by molar-refractivity contribution is 0.410. The zero-order valence-electron chi connectivity index (χ0n) is 10.9. The van der Waals surface area contributed by atoms with Gasteiger partial charge in [-0.25, -0.2) is 0 Å². The van der Waals surface area contributed by atoms with Gasteiger partial charge < -0.3 is 5.73 Å². The van der Waals surface area contributed by atoms with E-state index < -0.39 is 0 Å². The summed E-state index contributed by atoms with van der Waals surface area (Å²) < 4.78 is 0. The standard InChI is InChI=1S/C16H23N/c1-16(2)10-14(16)15(17)13-9-4-3-8-12(13)11-6-5-7-11/h3-4,8-9,11,14-15H,5-7,10,17H2,1-2H3. The maximum Gasteiger partial charge on any atom is 0.0331 e. The Morgan fingerprint density at radius 2 is 1.88 bits per heavy atom. The van der Waals surface area contributed by atoms with Gasteiger partial charge in [-0.3, -0.25) is 0 Å². The number of rotatable bonds is 3. The van der Waals surface area contributed by atoms with Crippen LogP contribution in [-0.4, -0.2) is 0 Å². The summed E-state index contributed by atoms with van der Waals surface area (Å²) in [4.78, 5) is 0. The topological polar surface area (TPSA) is 26.0 Å². The lowest BCUT2D eigenvalue weighted by atomic mass is 9.76. The van der Waals surface area contributed by atoms with E-state index in [1.165, 1.54) is 36.8 Å². The second-order valence-electron chi connectivity index (χ2n) is 6.58. The van der Waals surface area contributed by atoms with Crippen LogP contribution in [-0.2, 0) is 0 Å². The number of hydrogen-bond donors (Lipinski definition) is 1. The fourth-order valence-corrected chi connectivity index (χ4v) is 3.24. The molecule has 3 rings (SSSR count). The molecule has 2 saturated carbocycles. The molecule has 0 amide bonds. The zero-order valence-corrected chi connectivity index (χ0v) is 10.9. The van der Waals surface area contributed by atoms with Gasteiger partial charge in [-0.05, 0) is 47.6 Å². The molecule has 0 saturated heterocycles. The SMILES string of the molecule is CC1(C)CC1C(N)c1ccccc1C1CCC1. The molecule has 1 nitrogen and oxygen atoms in total. The molecule has 0 aliphatic heterocycles. The van der Waals surface area contributed by atoms with Gasteiger partial charge in [0.15, 0.2) is 0 Å². The van der Waals surface area contributed by atoms with Crippen molar-refractivity contribution in [1.82, 2.24) is 0 Å². The van der Waals surface area contributed by atoms with Gasteiger partial charge in [0.2, 0.25) is 0 Å². The normalized spacial score (nSPS) is 28.5. The number of benzene rings is 1. The molecule has 0 aromatic heterocycles. The predicted octanol–water partition coefficient (Wildman–Crippen LogP) is 4.00. The summed E-state index contributed by atoms with van der Waals surface area (Å²) in [5.74, 6) is 1.47. The Morgan fingerprint density at radius 3 is 2.41 bits per heavy atom. The van der Waals surface area contributed by atoms with Gasteiger partial charge in [-0.15, -0.1) is 0 Å². The van der Waals surface area contributed by atoms with Crippen molar-refractivity contribution in [3.63, 3.8) is 0 Å². The number of hydrogen-bond acceptors (Lipinski definition) is 1. The molecule has 2 unspecified atom stereocenters. The molecular formula is C16H23N. The van der Waals surface area contributed by atoms with Crippen LogP contribution < -0.4 is 5.73 Å². The van der Waals surface area contributed by atoms with E-state index >= 15 is 0 Å². The highest BCUT2D eigenvalue weighted by Crippen LogP contribution is 2.57. The Kier molecular flexibility index (Phi) is 2.55. The quantitative estimate of drug-likeness (QED) is 0.833. The van der Waals surface area contributed by atoms with E-state index in [1.807, 2.05) is 0 Å². The first-order chi connectivity index (χ1) is 8.09. The molecule has 0 spiro atoms. The molecule has 2 fully saturated rings. The first-order valence-corrected chi connectivity index (χ1v) is 6.94. The highest BCUT2D eigenvalue weighted by atomic mass is 14.7. The highest BCUT2D eigenvalue weighted by molar-refractivity contribution is 5.35. The van der Waals surface area contributed by atoms with Crippen LogP contribution in [0, 0.1) is 11.3 Å². The molecule has 2 aliphatic carbocycles. The second-order valence-corrected chi connectivity index (χ2v) is 6.58. The molecule has 92 valence electrons. The minimum absolute atomic E-state index is 0.252. The first-order valence-electron chi connectivity index (χ1n) is 6.94. The zero-order chi connectivity index (χ0) is 12.0. The third-order valence-electron chi connectivity index (χ3n) is 4.92. The van der Waals surface area contributed by atoms with Crippen LogP contribution in [0.3, 0.4) is 0 Å². The smallest absolute Gasteiger partial charge is 0.0331 e. The van der Waals surface area contributed by atoms with E-state index in [2.05, 4.69) is 38.1 Å². The van der Waals surface area contributed by atoms with Crippen LogP contribution in [0.4, 0.5) is 0 Å². The first kappa shape index (κ1) is 11.3. The van der Waals surface area contributed by atoms with Crippen LogP contribution >= 0.6 is 0 Å². The van der Waals surface area contributed by atoms with Crippen molar-refractivity contribution in [3.8, 4) is 0 Å². The monoisotopic (exact) mass is 229 g/mol. The van der Waals surface area contributed by atoms with E-state index in [4.69, 9.17) is 5.73 Å². The summed E-state index contributed by atoms with van der Waals surface area (Å²) in [5.41, 5.74) is 9.92. The average molecular weight is 229 g/mol. The van der Waals surface area contributed by atoms with Crippen LogP contribution in [0.15, 0.2) is 24.3 Å². The molecule has 2 N–H and O–H groups in total. The van der Waals surface area contributed by atoms with Crippen molar-refractivity contribution in [1.29, 1.82) is 0 Å². The van der Waals surface area contributed by atoms with Gasteiger partial charge in [0.25, 0.3) is 0 Å². The van der Waals surface area contributed by atoms with E-state index in [0.29, 0.717) is 11.3 Å².